The van der Waals surface area contributed by atoms with Crippen LogP contribution in [-0.4, -0.2) is 34.1 Å². The Kier molecular flexibility index (Phi) is 4.14. The Hall–Kier alpha value is -1.90. The topological polar surface area (TPSA) is 51.1 Å². The number of alkyl halides is 3. The maximum atomic E-state index is 12.7. The molecular weight excluding hydrogens is 317 g/mol. The zero-order chi connectivity index (χ0) is 15.6. The van der Waals surface area contributed by atoms with Crippen molar-refractivity contribution in [1.82, 2.24) is 15.0 Å². The lowest BCUT2D eigenvalue weighted by Crippen LogP contribution is -2.38. The van der Waals surface area contributed by atoms with Crippen LogP contribution in [0.1, 0.15) is 18.5 Å². The van der Waals surface area contributed by atoms with E-state index in [0.717, 1.165) is 12.4 Å². The van der Waals surface area contributed by atoms with Gasteiger partial charge in [0.1, 0.15) is 23.9 Å². The molecule has 1 saturated heterocycles. The molecule has 3 rings (SSSR count). The summed E-state index contributed by atoms with van der Waals surface area (Å²) in [6.45, 7) is 1.18. The number of anilines is 1. The lowest BCUT2D eigenvalue weighted by molar-refractivity contribution is -0.141. The maximum absolute atomic E-state index is 12.7. The van der Waals surface area contributed by atoms with Gasteiger partial charge in [-0.3, -0.25) is 0 Å². The summed E-state index contributed by atoms with van der Waals surface area (Å²) in [5, 5.41) is 2.46. The van der Waals surface area contributed by atoms with E-state index in [2.05, 4.69) is 15.0 Å². The lowest BCUT2D eigenvalue weighted by Gasteiger charge is -2.32. The number of piperidine rings is 1. The molecule has 5 nitrogen and oxygen atoms in total. The average Bonchev–Trinajstić information content (AvgIpc) is 3.00. The Balaban J connectivity index is 1.61. The van der Waals surface area contributed by atoms with E-state index in [9.17, 15) is 13.2 Å². The number of thiazole rings is 1. The highest BCUT2D eigenvalue weighted by Gasteiger charge is 2.33. The molecule has 1 aliphatic rings. The molecule has 0 atom stereocenters. The van der Waals surface area contributed by atoms with Crippen molar-refractivity contribution < 1.29 is 17.9 Å². The minimum atomic E-state index is -4.45. The Bertz CT molecular complexity index is 612. The van der Waals surface area contributed by atoms with Gasteiger partial charge in [-0.1, -0.05) is 11.3 Å². The first-order valence-corrected chi connectivity index (χ1v) is 7.60. The van der Waals surface area contributed by atoms with Gasteiger partial charge in [-0.15, -0.1) is 0 Å². The second-order valence-corrected chi connectivity index (χ2v) is 5.72. The number of hydrogen-bond donors (Lipinski definition) is 0. The zero-order valence-corrected chi connectivity index (χ0v) is 12.3. The third kappa shape index (κ3) is 3.46. The molecule has 1 fully saturated rings. The van der Waals surface area contributed by atoms with Gasteiger partial charge in [0.25, 0.3) is 5.19 Å². The molecule has 3 heterocycles. The van der Waals surface area contributed by atoms with Gasteiger partial charge < -0.3 is 9.64 Å². The van der Waals surface area contributed by atoms with E-state index in [4.69, 9.17) is 4.74 Å². The van der Waals surface area contributed by atoms with E-state index in [0.29, 0.717) is 36.9 Å². The predicted molar refractivity (Wildman–Crippen MR) is 75.0 cm³/mol. The fourth-order valence-corrected chi connectivity index (χ4v) is 2.84. The van der Waals surface area contributed by atoms with Crippen LogP contribution in [-0.2, 0) is 6.18 Å². The second kappa shape index (κ2) is 6.07. The van der Waals surface area contributed by atoms with Crippen LogP contribution in [0.3, 0.4) is 0 Å². The van der Waals surface area contributed by atoms with Gasteiger partial charge in [-0.25, -0.2) is 15.0 Å². The highest BCUT2D eigenvalue weighted by molar-refractivity contribution is 7.11. The molecule has 2 aromatic rings. The van der Waals surface area contributed by atoms with E-state index in [1.165, 1.54) is 11.3 Å². The van der Waals surface area contributed by atoms with E-state index < -0.39 is 11.9 Å². The molecular formula is C13H13F3N4OS. The quantitative estimate of drug-likeness (QED) is 0.866. The highest BCUT2D eigenvalue weighted by Crippen LogP contribution is 2.30. The molecule has 0 aliphatic carbocycles. The number of rotatable bonds is 3. The van der Waals surface area contributed by atoms with Crippen molar-refractivity contribution >= 4 is 17.2 Å². The number of aromatic nitrogens is 3. The van der Waals surface area contributed by atoms with Crippen LogP contribution in [0.5, 0.6) is 5.19 Å². The normalized spacial score (nSPS) is 16.8. The molecule has 9 heteroatoms. The number of hydrogen-bond acceptors (Lipinski definition) is 6. The van der Waals surface area contributed by atoms with Crippen LogP contribution >= 0.6 is 11.3 Å². The van der Waals surface area contributed by atoms with Gasteiger partial charge in [0.05, 0.1) is 0 Å². The molecule has 0 unspecified atom stereocenters. The maximum Gasteiger partial charge on any atom is 0.433 e. The number of ether oxygens (including phenoxy) is 1. The van der Waals surface area contributed by atoms with E-state index >= 15 is 0 Å². The molecule has 0 N–H and O–H groups in total. The van der Waals surface area contributed by atoms with Crippen molar-refractivity contribution in [3.63, 3.8) is 0 Å². The van der Waals surface area contributed by atoms with Crippen molar-refractivity contribution in [1.29, 1.82) is 0 Å². The average molecular weight is 330 g/mol. The van der Waals surface area contributed by atoms with E-state index in [1.807, 2.05) is 10.3 Å². The smallest absolute Gasteiger partial charge is 0.433 e. The van der Waals surface area contributed by atoms with Gasteiger partial charge in [-0.2, -0.15) is 13.2 Å². The summed E-state index contributed by atoms with van der Waals surface area (Å²) in [5.41, 5.74) is -0.918. The first-order valence-electron chi connectivity index (χ1n) is 6.73. The lowest BCUT2D eigenvalue weighted by atomic mass is 10.1. The molecule has 0 bridgehead atoms. The fourth-order valence-electron chi connectivity index (χ4n) is 2.29. The van der Waals surface area contributed by atoms with Crippen LogP contribution in [0.15, 0.2) is 24.0 Å². The first-order chi connectivity index (χ1) is 10.5. The van der Waals surface area contributed by atoms with Crippen LogP contribution in [0.25, 0.3) is 0 Å². The van der Waals surface area contributed by atoms with E-state index in [-0.39, 0.29) is 6.10 Å². The summed E-state index contributed by atoms with van der Waals surface area (Å²) in [6.07, 6.45) is -0.364. The molecule has 0 spiro atoms. The zero-order valence-electron chi connectivity index (χ0n) is 11.5. The van der Waals surface area contributed by atoms with Crippen LogP contribution in [0.4, 0.5) is 19.0 Å². The summed E-state index contributed by atoms with van der Waals surface area (Å²) in [6, 6.07) is 0.988. The third-order valence-electron chi connectivity index (χ3n) is 3.39. The van der Waals surface area contributed by atoms with Crippen molar-refractivity contribution in [3.8, 4) is 5.19 Å². The molecule has 2 aromatic heterocycles. The van der Waals surface area contributed by atoms with Crippen molar-refractivity contribution in [2.75, 3.05) is 18.0 Å². The van der Waals surface area contributed by atoms with Crippen molar-refractivity contribution in [2.45, 2.75) is 25.1 Å². The molecule has 118 valence electrons. The fraction of sp³-hybridized carbons (Fsp3) is 0.462. The number of halogens is 3. The van der Waals surface area contributed by atoms with Gasteiger partial charge in [0.15, 0.2) is 0 Å². The Morgan fingerprint density at radius 2 is 1.95 bits per heavy atom. The van der Waals surface area contributed by atoms with Crippen LogP contribution in [0, 0.1) is 0 Å². The minimum absolute atomic E-state index is 0.0336. The summed E-state index contributed by atoms with van der Waals surface area (Å²) in [5.74, 6) is 0.301. The van der Waals surface area contributed by atoms with Gasteiger partial charge in [0, 0.05) is 43.6 Å². The second-order valence-electron chi connectivity index (χ2n) is 4.86. The molecule has 0 amide bonds. The van der Waals surface area contributed by atoms with Crippen molar-refractivity contribution in [2.24, 2.45) is 0 Å². The minimum Gasteiger partial charge on any atom is -0.467 e. The summed E-state index contributed by atoms with van der Waals surface area (Å²) in [4.78, 5) is 13.1. The summed E-state index contributed by atoms with van der Waals surface area (Å²) in [7, 11) is 0. The van der Waals surface area contributed by atoms with E-state index in [1.54, 1.807) is 6.20 Å². The van der Waals surface area contributed by atoms with Gasteiger partial charge in [-0.05, 0) is 0 Å². The Labute approximate surface area is 128 Å². The first kappa shape index (κ1) is 15.0. The van der Waals surface area contributed by atoms with Crippen LogP contribution < -0.4 is 9.64 Å². The molecule has 0 radical (unpaired) electrons. The molecule has 0 aromatic carbocycles. The SMILES string of the molecule is FC(F)(F)c1cc(N2CCC(Oc3nccs3)CC2)ncn1. The summed E-state index contributed by atoms with van der Waals surface area (Å²) < 4.78 is 43.7. The Morgan fingerprint density at radius 1 is 1.18 bits per heavy atom. The molecule has 1 aliphatic heterocycles. The third-order valence-corrected chi connectivity index (χ3v) is 4.05. The molecule has 22 heavy (non-hydrogen) atoms. The van der Waals surface area contributed by atoms with Gasteiger partial charge >= 0.3 is 6.18 Å². The Morgan fingerprint density at radius 3 is 2.59 bits per heavy atom. The molecule has 0 saturated carbocycles. The number of nitrogens with zero attached hydrogens (tertiary/aromatic N) is 4. The van der Waals surface area contributed by atoms with Crippen LogP contribution in [0.2, 0.25) is 0 Å². The standard InChI is InChI=1S/C13H13F3N4OS/c14-13(15,16)10-7-11(19-8-18-10)20-4-1-9(2-5-20)21-12-17-3-6-22-12/h3,6-9H,1-2,4-5H2. The highest BCUT2D eigenvalue weighted by atomic mass is 32.1. The monoisotopic (exact) mass is 330 g/mol. The van der Waals surface area contributed by atoms with Gasteiger partial charge in [0.2, 0.25) is 0 Å². The predicted octanol–water partition coefficient (Wildman–Crippen LogP) is 3.00. The van der Waals surface area contributed by atoms with Crippen molar-refractivity contribution in [3.05, 3.63) is 29.7 Å². The summed E-state index contributed by atoms with van der Waals surface area (Å²) >= 11 is 1.43. The largest absolute Gasteiger partial charge is 0.467 e.